The van der Waals surface area contributed by atoms with Crippen LogP contribution >= 0.6 is 0 Å². The molecule has 0 fully saturated rings. The summed E-state index contributed by atoms with van der Waals surface area (Å²) in [6, 6.07) is 6.67. The molecule has 1 amide bonds. The monoisotopic (exact) mass is 237 g/mol. The lowest BCUT2D eigenvalue weighted by molar-refractivity contribution is -0.136. The van der Waals surface area contributed by atoms with Crippen molar-refractivity contribution in [2.24, 2.45) is 0 Å². The third kappa shape index (κ3) is 4.24. The third-order valence-corrected chi connectivity index (χ3v) is 2.30. The predicted octanol–water partition coefficient (Wildman–Crippen LogP) is 1.29. The Bertz CT molecular complexity index is 399. The number of methoxy groups -OCH3 is 1. The second kappa shape index (κ2) is 6.00. The van der Waals surface area contributed by atoms with Crippen LogP contribution in [0.25, 0.3) is 0 Å². The smallest absolute Gasteiger partial charge is 0.307 e. The molecule has 0 radical (unpaired) electrons. The zero-order valence-electron chi connectivity index (χ0n) is 9.77. The Hall–Kier alpha value is -1.88. The highest BCUT2D eigenvalue weighted by atomic mass is 16.5. The number of ether oxygens (including phenoxy) is 1. The van der Waals surface area contributed by atoms with Gasteiger partial charge in [-0.2, -0.15) is 0 Å². The molecule has 0 heterocycles. The van der Waals surface area contributed by atoms with Crippen molar-refractivity contribution < 1.29 is 19.4 Å². The first kappa shape index (κ1) is 13.2. The van der Waals surface area contributed by atoms with E-state index in [4.69, 9.17) is 9.84 Å². The van der Waals surface area contributed by atoms with E-state index in [0.29, 0.717) is 11.3 Å². The largest absolute Gasteiger partial charge is 0.481 e. The maximum Gasteiger partial charge on any atom is 0.307 e. The summed E-state index contributed by atoms with van der Waals surface area (Å²) in [5.74, 6) is -1.12. The number of anilines is 1. The van der Waals surface area contributed by atoms with Crippen LogP contribution in [-0.2, 0) is 20.7 Å². The molecule has 0 spiro atoms. The zero-order chi connectivity index (χ0) is 12.8. The van der Waals surface area contributed by atoms with Crippen LogP contribution in [0.5, 0.6) is 0 Å². The van der Waals surface area contributed by atoms with Gasteiger partial charge in [0, 0.05) is 12.8 Å². The number of hydrogen-bond donors (Lipinski definition) is 2. The van der Waals surface area contributed by atoms with Crippen LogP contribution in [0.15, 0.2) is 24.3 Å². The highest BCUT2D eigenvalue weighted by Gasteiger charge is 2.11. The Morgan fingerprint density at radius 1 is 1.35 bits per heavy atom. The number of hydrogen-bond acceptors (Lipinski definition) is 3. The molecule has 0 aliphatic heterocycles. The van der Waals surface area contributed by atoms with Gasteiger partial charge in [-0.25, -0.2) is 0 Å². The summed E-state index contributed by atoms with van der Waals surface area (Å²) in [4.78, 5) is 21.9. The van der Waals surface area contributed by atoms with Crippen molar-refractivity contribution in [3.05, 3.63) is 29.8 Å². The molecule has 5 nitrogen and oxygen atoms in total. The van der Waals surface area contributed by atoms with Crippen molar-refractivity contribution in [2.45, 2.75) is 19.4 Å². The molecule has 92 valence electrons. The average Bonchev–Trinajstić information content (AvgIpc) is 2.30. The molecule has 1 unspecified atom stereocenters. The zero-order valence-corrected chi connectivity index (χ0v) is 9.77. The lowest BCUT2D eigenvalue weighted by atomic mass is 10.1. The topological polar surface area (TPSA) is 75.6 Å². The molecule has 1 aromatic rings. The Morgan fingerprint density at radius 2 is 1.94 bits per heavy atom. The van der Waals surface area contributed by atoms with Crippen LogP contribution in [0.1, 0.15) is 12.5 Å². The molecule has 0 aliphatic rings. The number of carbonyl (C=O) groups excluding carboxylic acids is 1. The van der Waals surface area contributed by atoms with Crippen molar-refractivity contribution in [3.63, 3.8) is 0 Å². The van der Waals surface area contributed by atoms with Crippen molar-refractivity contribution >= 4 is 17.6 Å². The van der Waals surface area contributed by atoms with Gasteiger partial charge in [-0.15, -0.1) is 0 Å². The summed E-state index contributed by atoms with van der Waals surface area (Å²) in [6.07, 6.45) is -0.545. The lowest BCUT2D eigenvalue weighted by Crippen LogP contribution is -2.26. The van der Waals surface area contributed by atoms with Crippen LogP contribution in [0, 0.1) is 0 Å². The molecule has 17 heavy (non-hydrogen) atoms. The molecule has 0 bridgehead atoms. The van der Waals surface area contributed by atoms with Gasteiger partial charge in [-0.1, -0.05) is 12.1 Å². The minimum Gasteiger partial charge on any atom is -0.481 e. The molecule has 0 saturated heterocycles. The number of benzene rings is 1. The van der Waals surface area contributed by atoms with E-state index in [1.165, 1.54) is 7.11 Å². The summed E-state index contributed by atoms with van der Waals surface area (Å²) in [6.45, 7) is 1.65. The number of carbonyl (C=O) groups is 2. The van der Waals surface area contributed by atoms with Crippen molar-refractivity contribution in [1.82, 2.24) is 0 Å². The first-order valence-electron chi connectivity index (χ1n) is 5.17. The summed E-state index contributed by atoms with van der Waals surface area (Å²) < 4.78 is 4.87. The van der Waals surface area contributed by atoms with Gasteiger partial charge in [0.05, 0.1) is 6.42 Å². The molecule has 1 aromatic carbocycles. The van der Waals surface area contributed by atoms with Crippen LogP contribution in [0.3, 0.4) is 0 Å². The van der Waals surface area contributed by atoms with Gasteiger partial charge in [0.25, 0.3) is 5.91 Å². The number of carboxylic acid groups (broad SMARTS) is 1. The summed E-state index contributed by atoms with van der Waals surface area (Å²) in [5.41, 5.74) is 1.31. The normalized spacial score (nSPS) is 11.9. The van der Waals surface area contributed by atoms with Gasteiger partial charge in [0.2, 0.25) is 0 Å². The van der Waals surface area contributed by atoms with Crippen molar-refractivity contribution in [1.29, 1.82) is 0 Å². The maximum atomic E-state index is 11.5. The van der Waals surface area contributed by atoms with Gasteiger partial charge in [0.15, 0.2) is 0 Å². The second-order valence-corrected chi connectivity index (χ2v) is 3.63. The van der Waals surface area contributed by atoms with Gasteiger partial charge < -0.3 is 15.2 Å². The molecule has 0 aliphatic carbocycles. The van der Waals surface area contributed by atoms with Gasteiger partial charge >= 0.3 is 5.97 Å². The van der Waals surface area contributed by atoms with Crippen molar-refractivity contribution in [3.8, 4) is 0 Å². The summed E-state index contributed by atoms with van der Waals surface area (Å²) in [5, 5.41) is 11.3. The van der Waals surface area contributed by atoms with E-state index in [1.807, 2.05) is 0 Å². The fraction of sp³-hybridized carbons (Fsp3) is 0.333. The quantitative estimate of drug-likeness (QED) is 0.809. The second-order valence-electron chi connectivity index (χ2n) is 3.63. The van der Waals surface area contributed by atoms with E-state index in [1.54, 1.807) is 31.2 Å². The molecule has 1 atom stereocenters. The highest BCUT2D eigenvalue weighted by molar-refractivity contribution is 5.93. The van der Waals surface area contributed by atoms with Crippen LogP contribution in [-0.4, -0.2) is 30.2 Å². The van der Waals surface area contributed by atoms with Crippen LogP contribution < -0.4 is 5.32 Å². The van der Waals surface area contributed by atoms with E-state index >= 15 is 0 Å². The van der Waals surface area contributed by atoms with Crippen LogP contribution in [0.2, 0.25) is 0 Å². The molecular formula is C12H15NO4. The third-order valence-electron chi connectivity index (χ3n) is 2.30. The van der Waals surface area contributed by atoms with E-state index in [2.05, 4.69) is 5.32 Å². The van der Waals surface area contributed by atoms with Crippen molar-refractivity contribution in [2.75, 3.05) is 12.4 Å². The molecule has 5 heteroatoms. The number of aliphatic carboxylic acids is 1. The minimum absolute atomic E-state index is 0.0251. The molecular weight excluding hydrogens is 222 g/mol. The SMILES string of the molecule is COC(C)C(=O)Nc1ccc(CC(=O)O)cc1. The molecule has 0 saturated carbocycles. The first-order chi connectivity index (χ1) is 8.02. The van der Waals surface area contributed by atoms with Gasteiger partial charge in [0.1, 0.15) is 6.10 Å². The maximum absolute atomic E-state index is 11.5. The minimum atomic E-state index is -0.880. The number of nitrogens with one attached hydrogen (secondary N) is 1. The van der Waals surface area contributed by atoms with E-state index in [9.17, 15) is 9.59 Å². The predicted molar refractivity (Wildman–Crippen MR) is 62.9 cm³/mol. The molecule has 2 N–H and O–H groups in total. The standard InChI is InChI=1S/C12H15NO4/c1-8(17-2)12(16)13-10-5-3-9(4-6-10)7-11(14)15/h3-6,8H,7H2,1-2H3,(H,13,16)(H,14,15). The Kier molecular flexibility index (Phi) is 4.66. The molecule has 0 aromatic heterocycles. The summed E-state index contributed by atoms with van der Waals surface area (Å²) in [7, 11) is 1.46. The Balaban J connectivity index is 2.62. The van der Waals surface area contributed by atoms with E-state index in [0.717, 1.165) is 0 Å². The van der Waals surface area contributed by atoms with Gasteiger partial charge in [-0.05, 0) is 24.6 Å². The number of carboxylic acids is 1. The van der Waals surface area contributed by atoms with E-state index in [-0.39, 0.29) is 12.3 Å². The Morgan fingerprint density at radius 3 is 2.41 bits per heavy atom. The van der Waals surface area contributed by atoms with Gasteiger partial charge in [-0.3, -0.25) is 9.59 Å². The number of rotatable bonds is 5. The lowest BCUT2D eigenvalue weighted by Gasteiger charge is -2.10. The number of amides is 1. The first-order valence-corrected chi connectivity index (χ1v) is 5.17. The summed E-state index contributed by atoms with van der Waals surface area (Å²) >= 11 is 0. The van der Waals surface area contributed by atoms with E-state index < -0.39 is 12.1 Å². The average molecular weight is 237 g/mol. The fourth-order valence-corrected chi connectivity index (χ4v) is 1.23. The fourth-order valence-electron chi connectivity index (χ4n) is 1.23. The Labute approximate surface area is 99.4 Å². The van der Waals surface area contributed by atoms with Crippen LogP contribution in [0.4, 0.5) is 5.69 Å². The molecule has 1 rings (SSSR count). The highest BCUT2D eigenvalue weighted by Crippen LogP contribution is 2.10.